The van der Waals surface area contributed by atoms with E-state index in [0.29, 0.717) is 34.5 Å². The van der Waals surface area contributed by atoms with Gasteiger partial charge in [0.15, 0.2) is 16.4 Å². The summed E-state index contributed by atoms with van der Waals surface area (Å²) in [5.41, 5.74) is 1.26. The van der Waals surface area contributed by atoms with Crippen molar-refractivity contribution in [3.05, 3.63) is 54.1 Å². The third kappa shape index (κ3) is 6.76. The molecule has 0 unspecified atom stereocenters. The highest BCUT2D eigenvalue weighted by Crippen LogP contribution is 2.30. The molecule has 1 heterocycles. The summed E-state index contributed by atoms with van der Waals surface area (Å²) in [4.78, 5) is 28.1. The van der Waals surface area contributed by atoms with E-state index in [-0.39, 0.29) is 35.1 Å². The van der Waals surface area contributed by atoms with Crippen molar-refractivity contribution in [1.29, 1.82) is 0 Å². The standard InChI is InChI=1S/C25H28F2N2O5S2/c26-25(27)35-20-11-9-17(10-12-20)28-22-8-4-3-7-21(22)24(31)34-15-23(30)29(18-5-1-2-6-18)19-13-14-36(32,33)16-19/h3-4,7-12,18-19,25,28H,1-2,5-6,13-16H2/t19-/m0/s1. The van der Waals surface area contributed by atoms with Gasteiger partial charge in [0.25, 0.3) is 11.7 Å². The molecule has 0 radical (unpaired) electrons. The van der Waals surface area contributed by atoms with Crippen LogP contribution in [0.5, 0.6) is 0 Å². The second-order valence-electron chi connectivity index (χ2n) is 8.95. The van der Waals surface area contributed by atoms with Gasteiger partial charge in [0.2, 0.25) is 0 Å². The van der Waals surface area contributed by atoms with Crippen LogP contribution < -0.4 is 5.32 Å². The Hall–Kier alpha value is -2.66. The molecule has 36 heavy (non-hydrogen) atoms. The van der Waals surface area contributed by atoms with Crippen LogP contribution in [0.2, 0.25) is 0 Å². The van der Waals surface area contributed by atoms with E-state index < -0.39 is 28.2 Å². The minimum atomic E-state index is -3.17. The minimum absolute atomic E-state index is 0.0327. The number of carbonyl (C=O) groups is 2. The zero-order valence-corrected chi connectivity index (χ0v) is 21.2. The maximum absolute atomic E-state index is 13.1. The molecule has 194 valence electrons. The van der Waals surface area contributed by atoms with Crippen molar-refractivity contribution in [2.75, 3.05) is 23.4 Å². The van der Waals surface area contributed by atoms with Crippen LogP contribution in [0.15, 0.2) is 53.4 Å². The molecule has 2 aromatic rings. The number of para-hydroxylation sites is 1. The topological polar surface area (TPSA) is 92.8 Å². The Morgan fingerprint density at radius 2 is 1.72 bits per heavy atom. The molecule has 1 atom stereocenters. The van der Waals surface area contributed by atoms with Crippen LogP contribution in [0.3, 0.4) is 0 Å². The van der Waals surface area contributed by atoms with Crippen molar-refractivity contribution in [1.82, 2.24) is 4.90 Å². The summed E-state index contributed by atoms with van der Waals surface area (Å²) in [5, 5.41) is 3.08. The summed E-state index contributed by atoms with van der Waals surface area (Å²) >= 11 is 0.446. The van der Waals surface area contributed by atoms with Gasteiger partial charge in [-0.3, -0.25) is 4.79 Å². The van der Waals surface area contributed by atoms with Crippen LogP contribution in [-0.2, 0) is 19.4 Å². The van der Waals surface area contributed by atoms with Gasteiger partial charge in [0.05, 0.1) is 22.8 Å². The number of nitrogens with one attached hydrogen (secondary N) is 1. The lowest BCUT2D eigenvalue weighted by Gasteiger charge is -2.33. The largest absolute Gasteiger partial charge is 0.452 e. The Bertz CT molecular complexity index is 1190. The first-order valence-corrected chi connectivity index (χ1v) is 14.5. The number of sulfone groups is 1. The number of carbonyl (C=O) groups excluding carboxylic acids is 2. The maximum atomic E-state index is 13.1. The summed E-state index contributed by atoms with van der Waals surface area (Å²) < 4.78 is 54.5. The van der Waals surface area contributed by atoms with E-state index in [1.165, 1.54) is 0 Å². The number of alkyl halides is 2. The maximum Gasteiger partial charge on any atom is 0.340 e. The number of anilines is 2. The van der Waals surface area contributed by atoms with E-state index in [1.807, 2.05) is 0 Å². The highest BCUT2D eigenvalue weighted by molar-refractivity contribution is 7.99. The van der Waals surface area contributed by atoms with Gasteiger partial charge in [-0.1, -0.05) is 36.7 Å². The number of benzene rings is 2. The van der Waals surface area contributed by atoms with Gasteiger partial charge in [-0.25, -0.2) is 13.2 Å². The van der Waals surface area contributed by atoms with Crippen LogP contribution in [0.4, 0.5) is 20.2 Å². The highest BCUT2D eigenvalue weighted by Gasteiger charge is 2.39. The summed E-state index contributed by atoms with van der Waals surface area (Å²) in [6, 6.07) is 12.6. The van der Waals surface area contributed by atoms with Gasteiger partial charge >= 0.3 is 5.97 Å². The molecule has 1 N–H and O–H groups in total. The zero-order valence-electron chi connectivity index (χ0n) is 19.6. The lowest BCUT2D eigenvalue weighted by atomic mass is 10.1. The van der Waals surface area contributed by atoms with Gasteiger partial charge in [-0.05, 0) is 55.7 Å². The summed E-state index contributed by atoms with van der Waals surface area (Å²) in [5.74, 6) is -3.57. The van der Waals surface area contributed by atoms with Crippen LogP contribution >= 0.6 is 11.8 Å². The summed E-state index contributed by atoms with van der Waals surface area (Å²) in [6.07, 6.45) is 4.00. The van der Waals surface area contributed by atoms with Crippen LogP contribution in [0.1, 0.15) is 42.5 Å². The minimum Gasteiger partial charge on any atom is -0.452 e. The van der Waals surface area contributed by atoms with Crippen LogP contribution in [0.25, 0.3) is 0 Å². The second kappa shape index (κ2) is 11.6. The van der Waals surface area contributed by atoms with Crippen molar-refractivity contribution in [3.63, 3.8) is 0 Å². The van der Waals surface area contributed by atoms with E-state index in [9.17, 15) is 26.8 Å². The van der Waals surface area contributed by atoms with Crippen molar-refractivity contribution in [2.24, 2.45) is 0 Å². The van der Waals surface area contributed by atoms with E-state index in [1.54, 1.807) is 53.4 Å². The molecule has 1 aliphatic heterocycles. The van der Waals surface area contributed by atoms with E-state index in [2.05, 4.69) is 5.32 Å². The average molecular weight is 539 g/mol. The highest BCUT2D eigenvalue weighted by atomic mass is 32.2. The zero-order chi connectivity index (χ0) is 25.7. The molecule has 1 saturated heterocycles. The number of esters is 1. The summed E-state index contributed by atoms with van der Waals surface area (Å²) in [7, 11) is -3.17. The fraction of sp³-hybridized carbons (Fsp3) is 0.440. The molecule has 1 amide bonds. The van der Waals surface area contributed by atoms with Crippen molar-refractivity contribution < 1.29 is 31.5 Å². The lowest BCUT2D eigenvalue weighted by molar-refractivity contribution is -0.139. The number of ether oxygens (including phenoxy) is 1. The third-order valence-electron chi connectivity index (χ3n) is 6.44. The Kier molecular flexibility index (Phi) is 8.50. The molecule has 0 bridgehead atoms. The molecule has 2 fully saturated rings. The van der Waals surface area contributed by atoms with Gasteiger partial charge < -0.3 is 15.0 Å². The average Bonchev–Trinajstić information content (AvgIpc) is 3.49. The Labute approximate surface area is 213 Å². The molecule has 2 aromatic carbocycles. The smallest absolute Gasteiger partial charge is 0.340 e. The van der Waals surface area contributed by atoms with E-state index >= 15 is 0 Å². The second-order valence-corrected chi connectivity index (χ2v) is 12.2. The normalized spacial score (nSPS) is 19.4. The molecule has 0 spiro atoms. The fourth-order valence-electron chi connectivity index (χ4n) is 4.81. The van der Waals surface area contributed by atoms with Crippen molar-refractivity contribution in [2.45, 2.75) is 54.8 Å². The number of thioether (sulfide) groups is 1. The lowest BCUT2D eigenvalue weighted by Crippen LogP contribution is -2.48. The van der Waals surface area contributed by atoms with Gasteiger partial charge in [0.1, 0.15) is 0 Å². The fourth-order valence-corrected chi connectivity index (χ4v) is 7.02. The first-order chi connectivity index (χ1) is 17.2. The predicted octanol–water partition coefficient (Wildman–Crippen LogP) is 4.86. The van der Waals surface area contributed by atoms with E-state index in [4.69, 9.17) is 4.74 Å². The van der Waals surface area contributed by atoms with Crippen molar-refractivity contribution >= 4 is 44.9 Å². The third-order valence-corrected chi connectivity index (χ3v) is 8.91. The molecule has 1 aliphatic carbocycles. The van der Waals surface area contributed by atoms with Gasteiger partial charge in [0, 0.05) is 22.7 Å². The predicted molar refractivity (Wildman–Crippen MR) is 134 cm³/mol. The van der Waals surface area contributed by atoms with Crippen LogP contribution in [0, 0.1) is 0 Å². The molecular weight excluding hydrogens is 510 g/mol. The number of nitrogens with zero attached hydrogens (tertiary/aromatic N) is 1. The quantitative estimate of drug-likeness (QED) is 0.360. The monoisotopic (exact) mass is 538 g/mol. The first-order valence-electron chi connectivity index (χ1n) is 11.8. The molecular formula is C25H28F2N2O5S2. The molecule has 1 saturated carbocycles. The first kappa shape index (κ1) is 26.4. The van der Waals surface area contributed by atoms with E-state index in [0.717, 1.165) is 25.7 Å². The Balaban J connectivity index is 1.41. The number of amides is 1. The summed E-state index contributed by atoms with van der Waals surface area (Å²) in [6.45, 7) is -0.472. The number of halogens is 2. The SMILES string of the molecule is O=C(OCC(=O)N(C1CCCC1)[C@H]1CCS(=O)(=O)C1)c1ccccc1Nc1ccc(SC(F)F)cc1. The molecule has 2 aliphatic rings. The van der Waals surface area contributed by atoms with Crippen molar-refractivity contribution in [3.8, 4) is 0 Å². The number of rotatable bonds is 9. The van der Waals surface area contributed by atoms with Gasteiger partial charge in [-0.2, -0.15) is 8.78 Å². The molecule has 4 rings (SSSR count). The number of hydrogen-bond acceptors (Lipinski definition) is 7. The Morgan fingerprint density at radius 3 is 2.36 bits per heavy atom. The number of hydrogen-bond donors (Lipinski definition) is 1. The van der Waals surface area contributed by atoms with Gasteiger partial charge in [-0.15, -0.1) is 0 Å². The molecule has 11 heteroatoms. The molecule has 0 aromatic heterocycles. The van der Waals surface area contributed by atoms with Crippen LogP contribution in [-0.4, -0.2) is 61.1 Å². The Morgan fingerprint density at radius 1 is 1.03 bits per heavy atom. The molecule has 7 nitrogen and oxygen atoms in total.